The summed E-state index contributed by atoms with van der Waals surface area (Å²) in [6, 6.07) is 0. The number of methoxy groups -OCH3 is 1. The normalized spacial score (nSPS) is 35.7. The summed E-state index contributed by atoms with van der Waals surface area (Å²) < 4.78 is 29.9. The van der Waals surface area contributed by atoms with E-state index in [4.69, 9.17) is 23.7 Å². The fourth-order valence-corrected chi connectivity index (χ4v) is 7.23. The minimum Gasteiger partial charge on any atom is -0.469 e. The second kappa shape index (κ2) is 17.8. The first kappa shape index (κ1) is 32.7. The van der Waals surface area contributed by atoms with E-state index in [1.54, 1.807) is 0 Å². The number of ether oxygens (including phenoxy) is 5. The second-order valence-electron chi connectivity index (χ2n) is 12.7. The van der Waals surface area contributed by atoms with E-state index < -0.39 is 6.10 Å². The predicted octanol–water partition coefficient (Wildman–Crippen LogP) is 6.87. The van der Waals surface area contributed by atoms with Gasteiger partial charge in [-0.1, -0.05) is 50.5 Å². The van der Waals surface area contributed by atoms with E-state index in [1.165, 1.54) is 39.2 Å². The van der Waals surface area contributed by atoms with Gasteiger partial charge in [-0.25, -0.2) is 0 Å². The number of carbonyl (C=O) groups excluding carboxylic acids is 1. The van der Waals surface area contributed by atoms with Crippen LogP contribution in [0.4, 0.5) is 0 Å². The quantitative estimate of drug-likeness (QED) is 0.137. The van der Waals surface area contributed by atoms with Gasteiger partial charge in [0.15, 0.2) is 12.6 Å². The highest BCUT2D eigenvalue weighted by molar-refractivity contribution is 5.69. The van der Waals surface area contributed by atoms with Crippen LogP contribution in [0.25, 0.3) is 0 Å². The van der Waals surface area contributed by atoms with Crippen molar-refractivity contribution in [2.75, 3.05) is 20.3 Å². The summed E-state index contributed by atoms with van der Waals surface area (Å²) in [6.07, 6.45) is 24.1. The van der Waals surface area contributed by atoms with Crippen LogP contribution in [0, 0.1) is 23.7 Å². The second-order valence-corrected chi connectivity index (χ2v) is 12.7. The first-order valence-electron chi connectivity index (χ1n) is 16.7. The Bertz CT molecular complexity index is 801. The number of aliphatic hydroxyl groups is 1. The molecule has 4 unspecified atom stereocenters. The molecular formula is C34H56O7. The molecule has 2 heterocycles. The van der Waals surface area contributed by atoms with Crippen LogP contribution in [0.2, 0.25) is 0 Å². The van der Waals surface area contributed by atoms with Gasteiger partial charge in [0.05, 0.1) is 25.4 Å². The average molecular weight is 577 g/mol. The molecule has 0 aromatic carbocycles. The lowest BCUT2D eigenvalue weighted by Gasteiger charge is -2.36. The van der Waals surface area contributed by atoms with E-state index in [0.717, 1.165) is 76.9 Å². The Kier molecular flexibility index (Phi) is 14.2. The van der Waals surface area contributed by atoms with Crippen molar-refractivity contribution in [2.24, 2.45) is 23.7 Å². The van der Waals surface area contributed by atoms with Crippen LogP contribution in [0.15, 0.2) is 24.3 Å². The molecule has 0 amide bonds. The van der Waals surface area contributed by atoms with Gasteiger partial charge < -0.3 is 28.8 Å². The van der Waals surface area contributed by atoms with Crippen molar-refractivity contribution < 1.29 is 33.6 Å². The molecule has 4 fully saturated rings. The number of hydrogen-bond acceptors (Lipinski definition) is 7. The molecule has 0 spiro atoms. The fourth-order valence-electron chi connectivity index (χ4n) is 7.23. The van der Waals surface area contributed by atoms with E-state index >= 15 is 0 Å². The number of esters is 1. The standard InChI is InChI=1S/C34H56O7/c1-3-25-13-12-14-26(23-25)30(40-33-17-8-10-21-38-33)20-19-28-27(15-6-4-5-7-16-32(36)37-2)29(35)24-31(28)41-34-18-9-11-22-39-34/h4,6,19-20,25-31,33-35H,3,5,7-18,21-24H2,1-2H3/b6-4-,20-19+/t25?,26?,27-,28-,29+,30-,31-,33?,34?/m1/s1. The molecule has 2 saturated heterocycles. The van der Waals surface area contributed by atoms with E-state index in [1.807, 2.05) is 0 Å². The summed E-state index contributed by atoms with van der Waals surface area (Å²) in [7, 11) is 1.43. The van der Waals surface area contributed by atoms with Gasteiger partial charge in [-0.2, -0.15) is 0 Å². The molecular weight excluding hydrogens is 520 g/mol. The van der Waals surface area contributed by atoms with Crippen LogP contribution < -0.4 is 0 Å². The van der Waals surface area contributed by atoms with Crippen LogP contribution >= 0.6 is 0 Å². The van der Waals surface area contributed by atoms with Crippen LogP contribution in [0.1, 0.15) is 110 Å². The molecule has 0 bridgehead atoms. The zero-order valence-electron chi connectivity index (χ0n) is 25.6. The fraction of sp³-hybridized carbons (Fsp3) is 0.853. The summed E-state index contributed by atoms with van der Waals surface area (Å²) >= 11 is 0. The topological polar surface area (TPSA) is 83.5 Å². The summed E-state index contributed by atoms with van der Waals surface area (Å²) in [5.41, 5.74) is 0. The number of rotatable bonds is 14. The van der Waals surface area contributed by atoms with Crippen molar-refractivity contribution in [2.45, 2.75) is 141 Å². The molecule has 234 valence electrons. The number of hydrogen-bond donors (Lipinski definition) is 1. The molecule has 0 aromatic rings. The van der Waals surface area contributed by atoms with Gasteiger partial charge in [-0.05, 0) is 88.4 Å². The summed E-state index contributed by atoms with van der Waals surface area (Å²) in [5, 5.41) is 11.2. The van der Waals surface area contributed by atoms with Gasteiger partial charge in [-0.15, -0.1) is 0 Å². The maximum absolute atomic E-state index is 11.4. The van der Waals surface area contributed by atoms with Gasteiger partial charge in [0.25, 0.3) is 0 Å². The van der Waals surface area contributed by atoms with E-state index in [9.17, 15) is 9.90 Å². The molecule has 2 saturated carbocycles. The lowest BCUT2D eigenvalue weighted by atomic mass is 9.77. The molecule has 0 radical (unpaired) electrons. The van der Waals surface area contributed by atoms with Crippen molar-refractivity contribution in [3.05, 3.63) is 24.3 Å². The maximum atomic E-state index is 11.4. The van der Waals surface area contributed by atoms with Gasteiger partial charge in [-0.3, -0.25) is 4.79 Å². The van der Waals surface area contributed by atoms with Crippen LogP contribution in [-0.2, 0) is 28.5 Å². The SMILES string of the molecule is CCC1CCCC([C@@H](/C=C/[C@@H]2[C@@H](C/C=C\CCCC(=O)OC)[C@@H](O)C[C@H]2OC2CCCCO2)OC2CCCCO2)C1. The molecule has 2 aliphatic heterocycles. The zero-order chi connectivity index (χ0) is 28.9. The van der Waals surface area contributed by atoms with E-state index in [-0.39, 0.29) is 42.6 Å². The maximum Gasteiger partial charge on any atom is 0.305 e. The Morgan fingerprint density at radius 3 is 2.46 bits per heavy atom. The predicted molar refractivity (Wildman–Crippen MR) is 159 cm³/mol. The molecule has 1 N–H and O–H groups in total. The largest absolute Gasteiger partial charge is 0.469 e. The van der Waals surface area contributed by atoms with Gasteiger partial charge in [0.1, 0.15) is 0 Å². The molecule has 4 aliphatic rings. The average Bonchev–Trinajstić information content (AvgIpc) is 3.30. The molecule has 41 heavy (non-hydrogen) atoms. The third-order valence-corrected chi connectivity index (χ3v) is 9.75. The zero-order valence-corrected chi connectivity index (χ0v) is 25.6. The minimum absolute atomic E-state index is 0.0197. The number of aliphatic hydroxyl groups excluding tert-OH is 1. The molecule has 4 rings (SSSR count). The van der Waals surface area contributed by atoms with Gasteiger partial charge in [0.2, 0.25) is 0 Å². The molecule has 9 atom stereocenters. The van der Waals surface area contributed by atoms with Crippen molar-refractivity contribution in [1.82, 2.24) is 0 Å². The van der Waals surface area contributed by atoms with E-state index in [0.29, 0.717) is 18.8 Å². The molecule has 7 nitrogen and oxygen atoms in total. The molecule has 0 aromatic heterocycles. The first-order chi connectivity index (χ1) is 20.1. The van der Waals surface area contributed by atoms with Crippen LogP contribution in [0.5, 0.6) is 0 Å². The highest BCUT2D eigenvalue weighted by Crippen LogP contribution is 2.41. The van der Waals surface area contributed by atoms with Crippen molar-refractivity contribution in [3.63, 3.8) is 0 Å². The van der Waals surface area contributed by atoms with Gasteiger partial charge in [0, 0.05) is 32.0 Å². The Labute approximate surface area is 248 Å². The minimum atomic E-state index is -0.432. The Morgan fingerprint density at radius 2 is 1.76 bits per heavy atom. The monoisotopic (exact) mass is 576 g/mol. The van der Waals surface area contributed by atoms with Crippen molar-refractivity contribution in [1.29, 1.82) is 0 Å². The van der Waals surface area contributed by atoms with Gasteiger partial charge >= 0.3 is 5.97 Å². The number of unbranched alkanes of at least 4 members (excludes halogenated alkanes) is 1. The third kappa shape index (κ3) is 10.5. The van der Waals surface area contributed by atoms with Crippen molar-refractivity contribution in [3.8, 4) is 0 Å². The summed E-state index contributed by atoms with van der Waals surface area (Å²) in [6.45, 7) is 3.84. The van der Waals surface area contributed by atoms with Crippen LogP contribution in [-0.4, -0.2) is 62.3 Å². The van der Waals surface area contributed by atoms with Crippen LogP contribution in [0.3, 0.4) is 0 Å². The lowest BCUT2D eigenvalue weighted by molar-refractivity contribution is -0.193. The number of carbonyl (C=O) groups is 1. The Hall–Kier alpha value is -1.25. The first-order valence-corrected chi connectivity index (χ1v) is 16.7. The Morgan fingerprint density at radius 1 is 0.976 bits per heavy atom. The number of allylic oxidation sites excluding steroid dienone is 2. The highest BCUT2D eigenvalue weighted by atomic mass is 16.7. The Balaban J connectivity index is 1.46. The summed E-state index contributed by atoms with van der Waals surface area (Å²) in [5.74, 6) is 1.25. The highest BCUT2D eigenvalue weighted by Gasteiger charge is 2.43. The van der Waals surface area contributed by atoms with E-state index in [2.05, 4.69) is 31.2 Å². The third-order valence-electron chi connectivity index (χ3n) is 9.75. The smallest absolute Gasteiger partial charge is 0.305 e. The molecule has 7 heteroatoms. The molecule has 2 aliphatic carbocycles. The summed E-state index contributed by atoms with van der Waals surface area (Å²) in [4.78, 5) is 11.4. The lowest BCUT2D eigenvalue weighted by Crippen LogP contribution is -2.34. The van der Waals surface area contributed by atoms with Crippen molar-refractivity contribution >= 4 is 5.97 Å².